The lowest BCUT2D eigenvalue weighted by molar-refractivity contribution is -0.530. The summed E-state index contributed by atoms with van der Waals surface area (Å²) in [6, 6.07) is 0. The Balaban J connectivity index is 2.23. The van der Waals surface area contributed by atoms with E-state index in [9.17, 15) is 25.0 Å². The smallest absolute Gasteiger partial charge is 0.393 e. The summed E-state index contributed by atoms with van der Waals surface area (Å²) in [5, 5.41) is 48.7. The summed E-state index contributed by atoms with van der Waals surface area (Å²) in [7, 11) is -4.56. The summed E-state index contributed by atoms with van der Waals surface area (Å²) < 4.78 is 29.6. The molecule has 104 valence electrons. The lowest BCUT2D eigenvalue weighted by atomic mass is 9.86. The second-order valence-electron chi connectivity index (χ2n) is 4.19. The molecule has 0 aromatic rings. The van der Waals surface area contributed by atoms with E-state index in [1.54, 1.807) is 0 Å². The molecule has 3 aliphatic heterocycles. The van der Waals surface area contributed by atoms with Crippen LogP contribution in [0.5, 0.6) is 0 Å². The summed E-state index contributed by atoms with van der Waals surface area (Å²) in [6.07, 6.45) is -1.84. The molecule has 0 amide bonds. The van der Waals surface area contributed by atoms with Crippen molar-refractivity contribution < 1.29 is 48.4 Å². The van der Waals surface area contributed by atoms with Crippen LogP contribution in [-0.2, 0) is 22.9 Å². The van der Waals surface area contributed by atoms with Gasteiger partial charge in [-0.1, -0.05) is 0 Å². The first-order valence-electron chi connectivity index (χ1n) is 4.73. The zero-order valence-corrected chi connectivity index (χ0v) is 9.48. The summed E-state index contributed by atoms with van der Waals surface area (Å²) in [5.41, 5.74) is 5.17. The fraction of sp³-hybridized carbons (Fsp3) is 1.00. The molecule has 0 radical (unpaired) electrons. The van der Waals surface area contributed by atoms with E-state index in [1.165, 1.54) is 0 Å². The Morgan fingerprint density at radius 1 is 1.11 bits per heavy atom. The fourth-order valence-corrected chi connectivity index (χ4v) is 4.02. The molecule has 3 fully saturated rings. The molecule has 18 heavy (non-hydrogen) atoms. The van der Waals surface area contributed by atoms with Crippen molar-refractivity contribution in [2.45, 2.75) is 29.4 Å². The van der Waals surface area contributed by atoms with Crippen molar-refractivity contribution in [2.75, 3.05) is 6.61 Å². The number of hydrogen-bond donors (Lipinski definition) is 6. The number of ether oxygens (including phenoxy) is 1. The molecule has 0 aromatic heterocycles. The van der Waals surface area contributed by atoms with Gasteiger partial charge in [0, 0.05) is 0 Å². The van der Waals surface area contributed by atoms with Crippen LogP contribution < -0.4 is 5.73 Å². The average molecular weight is 287 g/mol. The number of hydrogen-bond acceptors (Lipinski definition) is 11. The highest BCUT2D eigenvalue weighted by atomic mass is 31.2. The molecule has 0 aliphatic carbocycles. The van der Waals surface area contributed by atoms with E-state index in [2.05, 4.69) is 18.3 Å². The largest absolute Gasteiger partial charge is 0.483 e. The van der Waals surface area contributed by atoms with Gasteiger partial charge < -0.3 is 30.3 Å². The molecule has 0 spiro atoms. The topological polar surface area (TPSA) is 181 Å². The van der Waals surface area contributed by atoms with E-state index >= 15 is 0 Å². The molecule has 3 rings (SSSR count). The number of aliphatic hydroxyl groups excluding tert-OH is 1. The zero-order chi connectivity index (χ0) is 13.6. The molecular formula is C6H10NO10P. The Hall–Kier alpha value is -0.170. The van der Waals surface area contributed by atoms with Crippen molar-refractivity contribution >= 4 is 7.82 Å². The third kappa shape index (κ3) is 1.04. The molecular weight excluding hydrogens is 277 g/mol. The molecule has 0 saturated carbocycles. The van der Waals surface area contributed by atoms with E-state index in [4.69, 9.17) is 10.8 Å². The maximum Gasteiger partial charge on any atom is 0.483 e. The molecule has 6 unspecified atom stereocenters. The SMILES string of the molecule is NC1(O)OC(CO)C2(O)OP3(=O)OC1(O)C2(O)O3. The van der Waals surface area contributed by atoms with Gasteiger partial charge in [-0.3, -0.25) is 5.73 Å². The summed E-state index contributed by atoms with van der Waals surface area (Å²) in [4.78, 5) is 0. The lowest BCUT2D eigenvalue weighted by Gasteiger charge is -2.54. The summed E-state index contributed by atoms with van der Waals surface area (Å²) >= 11 is 0. The highest BCUT2D eigenvalue weighted by Crippen LogP contribution is 2.77. The van der Waals surface area contributed by atoms with Gasteiger partial charge in [-0.2, -0.15) is 0 Å². The first kappa shape index (κ1) is 12.8. The van der Waals surface area contributed by atoms with Gasteiger partial charge in [-0.05, 0) is 0 Å². The first-order valence-corrected chi connectivity index (χ1v) is 6.19. The van der Waals surface area contributed by atoms with Gasteiger partial charge in [0.2, 0.25) is 0 Å². The molecule has 3 aliphatic rings. The van der Waals surface area contributed by atoms with Crippen LogP contribution in [0.1, 0.15) is 0 Å². The van der Waals surface area contributed by atoms with E-state index in [-0.39, 0.29) is 0 Å². The summed E-state index contributed by atoms with van der Waals surface area (Å²) in [5.74, 6) is -12.5. The van der Waals surface area contributed by atoms with Crippen LogP contribution in [0.25, 0.3) is 0 Å². The van der Waals surface area contributed by atoms with Crippen LogP contribution >= 0.6 is 7.82 Å². The monoisotopic (exact) mass is 287 g/mol. The molecule has 11 nitrogen and oxygen atoms in total. The minimum atomic E-state index is -4.56. The lowest BCUT2D eigenvalue weighted by Crippen LogP contribution is -2.86. The van der Waals surface area contributed by atoms with Gasteiger partial charge in [0.25, 0.3) is 17.5 Å². The molecule has 2 bridgehead atoms. The number of fused-ring (bicyclic) bond motifs is 1. The van der Waals surface area contributed by atoms with Gasteiger partial charge in [0.1, 0.15) is 6.10 Å². The zero-order valence-electron chi connectivity index (χ0n) is 8.59. The molecule has 6 atom stereocenters. The minimum Gasteiger partial charge on any atom is -0.393 e. The normalized spacial score (nSPS) is 66.4. The molecule has 0 aromatic carbocycles. The van der Waals surface area contributed by atoms with E-state index in [0.717, 1.165) is 0 Å². The Kier molecular flexibility index (Phi) is 2.10. The van der Waals surface area contributed by atoms with Gasteiger partial charge in [0.15, 0.2) is 0 Å². The number of phosphoric ester groups is 1. The van der Waals surface area contributed by atoms with E-state index < -0.39 is 43.8 Å². The molecule has 3 saturated heterocycles. The van der Waals surface area contributed by atoms with Crippen molar-refractivity contribution in [1.82, 2.24) is 0 Å². The number of nitrogens with two attached hydrogens (primary N) is 1. The van der Waals surface area contributed by atoms with Crippen LogP contribution in [0.3, 0.4) is 0 Å². The predicted octanol–water partition coefficient (Wildman–Crippen LogP) is -3.77. The van der Waals surface area contributed by atoms with Gasteiger partial charge in [-0.25, -0.2) is 18.1 Å². The predicted molar refractivity (Wildman–Crippen MR) is 46.8 cm³/mol. The third-order valence-electron chi connectivity index (χ3n) is 3.09. The average Bonchev–Trinajstić information content (AvgIpc) is 2.55. The second kappa shape index (κ2) is 2.95. The molecule has 12 heteroatoms. The van der Waals surface area contributed by atoms with Crippen molar-refractivity contribution in [2.24, 2.45) is 5.73 Å². The third-order valence-corrected chi connectivity index (χ3v) is 4.57. The van der Waals surface area contributed by atoms with E-state index in [1.807, 2.05) is 0 Å². The Labute approximate surface area is 98.9 Å². The maximum absolute atomic E-state index is 11.8. The number of phosphoric acid groups is 1. The Bertz CT molecular complexity index is 469. The minimum absolute atomic E-state index is 0.988. The number of aliphatic hydroxyl groups is 5. The van der Waals surface area contributed by atoms with Crippen LogP contribution in [0.4, 0.5) is 0 Å². The standard InChI is InChI=1S/C6H10NO10P/c7-6(12)5(11)4(10)3(9,2(1-8)14-6)15-18(13,16-4)17-5/h2,8-12H,1,7H2. The molecule has 7 N–H and O–H groups in total. The van der Waals surface area contributed by atoms with Crippen LogP contribution in [0.2, 0.25) is 0 Å². The number of rotatable bonds is 1. The van der Waals surface area contributed by atoms with E-state index in [0.29, 0.717) is 0 Å². The van der Waals surface area contributed by atoms with Crippen molar-refractivity contribution in [3.05, 3.63) is 0 Å². The highest BCUT2D eigenvalue weighted by Gasteiger charge is 2.92. The second-order valence-corrected chi connectivity index (χ2v) is 5.63. The summed E-state index contributed by atoms with van der Waals surface area (Å²) in [6.45, 7) is -0.988. The van der Waals surface area contributed by atoms with Crippen LogP contribution in [0.15, 0.2) is 0 Å². The fourth-order valence-electron chi connectivity index (χ4n) is 2.17. The molecule has 3 heterocycles. The van der Waals surface area contributed by atoms with Crippen LogP contribution in [0, 0.1) is 0 Å². The highest BCUT2D eigenvalue weighted by molar-refractivity contribution is 7.49. The van der Waals surface area contributed by atoms with Crippen molar-refractivity contribution in [3.8, 4) is 0 Å². The van der Waals surface area contributed by atoms with Crippen molar-refractivity contribution in [1.29, 1.82) is 0 Å². The van der Waals surface area contributed by atoms with Crippen LogP contribution in [-0.4, -0.2) is 61.5 Å². The Morgan fingerprint density at radius 3 is 2.17 bits per heavy atom. The van der Waals surface area contributed by atoms with Crippen molar-refractivity contribution in [3.63, 3.8) is 0 Å². The van der Waals surface area contributed by atoms with Gasteiger partial charge >= 0.3 is 13.6 Å². The Morgan fingerprint density at radius 2 is 1.67 bits per heavy atom. The quantitative estimate of drug-likeness (QED) is 0.206. The first-order chi connectivity index (χ1) is 8.04. The van der Waals surface area contributed by atoms with Gasteiger partial charge in [0.05, 0.1) is 6.61 Å². The van der Waals surface area contributed by atoms with Gasteiger partial charge in [-0.15, -0.1) is 0 Å². The maximum atomic E-state index is 11.8.